The summed E-state index contributed by atoms with van der Waals surface area (Å²) < 4.78 is 6.36. The van der Waals surface area contributed by atoms with Crippen molar-refractivity contribution in [3.63, 3.8) is 0 Å². The van der Waals surface area contributed by atoms with Crippen molar-refractivity contribution in [1.82, 2.24) is 9.97 Å². The van der Waals surface area contributed by atoms with Crippen LogP contribution in [0.5, 0.6) is 5.75 Å². The fourth-order valence-corrected chi connectivity index (χ4v) is 2.18. The summed E-state index contributed by atoms with van der Waals surface area (Å²) in [6.45, 7) is 0.626. The van der Waals surface area contributed by atoms with Crippen LogP contribution in [0.2, 0.25) is 0 Å². The molecule has 2 aromatic rings. The van der Waals surface area contributed by atoms with Gasteiger partial charge in [0, 0.05) is 11.6 Å². The molecular weight excluding hydrogens is 282 g/mol. The molecule has 0 aliphatic carbocycles. The molecule has 1 N–H and O–H groups in total. The number of halogens is 1. The van der Waals surface area contributed by atoms with E-state index < -0.39 is 0 Å². The average Bonchev–Trinajstić information content (AvgIpc) is 2.73. The van der Waals surface area contributed by atoms with Crippen LogP contribution in [0, 0.1) is 0 Å². The van der Waals surface area contributed by atoms with Crippen LogP contribution in [0.3, 0.4) is 0 Å². The van der Waals surface area contributed by atoms with Gasteiger partial charge in [-0.1, -0.05) is 18.2 Å². The molecular formula is C12H10BrN3O. The van der Waals surface area contributed by atoms with Gasteiger partial charge in [-0.05, 0) is 22.0 Å². The molecule has 4 nitrogen and oxygen atoms in total. The topological polar surface area (TPSA) is 47.0 Å². The highest BCUT2D eigenvalue weighted by Crippen LogP contribution is 2.33. The lowest BCUT2D eigenvalue weighted by Crippen LogP contribution is -2.12. The average molecular weight is 292 g/mol. The molecule has 2 heterocycles. The van der Waals surface area contributed by atoms with E-state index in [4.69, 9.17) is 4.74 Å². The van der Waals surface area contributed by atoms with Crippen molar-refractivity contribution < 1.29 is 4.74 Å². The van der Waals surface area contributed by atoms with E-state index in [1.54, 1.807) is 0 Å². The molecule has 86 valence electrons. The molecule has 0 spiro atoms. The first-order valence-electron chi connectivity index (χ1n) is 5.29. The maximum Gasteiger partial charge on any atom is 0.131 e. The molecule has 0 saturated carbocycles. The molecule has 3 rings (SSSR count). The van der Waals surface area contributed by atoms with Crippen LogP contribution >= 0.6 is 15.9 Å². The van der Waals surface area contributed by atoms with E-state index in [1.807, 2.05) is 24.3 Å². The molecule has 5 heteroatoms. The Morgan fingerprint density at radius 2 is 2.18 bits per heavy atom. The second-order valence-electron chi connectivity index (χ2n) is 3.77. The molecule has 0 bridgehead atoms. The van der Waals surface area contributed by atoms with E-state index >= 15 is 0 Å². The number of nitrogens with one attached hydrogen (secondary N) is 1. The van der Waals surface area contributed by atoms with E-state index in [0.29, 0.717) is 6.61 Å². The molecule has 1 aromatic carbocycles. The summed E-state index contributed by atoms with van der Waals surface area (Å²) in [6, 6.07) is 10.0. The third-order valence-electron chi connectivity index (χ3n) is 2.66. The Morgan fingerprint density at radius 3 is 3.06 bits per heavy atom. The third kappa shape index (κ3) is 2.10. The largest absolute Gasteiger partial charge is 0.491 e. The molecule has 1 aromatic heterocycles. The Morgan fingerprint density at radius 1 is 1.29 bits per heavy atom. The third-order valence-corrected chi connectivity index (χ3v) is 3.09. The molecule has 0 fully saturated rings. The summed E-state index contributed by atoms with van der Waals surface area (Å²) in [6.07, 6.45) is 1.52. The van der Waals surface area contributed by atoms with Crippen LogP contribution in [-0.4, -0.2) is 16.6 Å². The van der Waals surface area contributed by atoms with Crippen molar-refractivity contribution in [2.75, 3.05) is 11.9 Å². The van der Waals surface area contributed by atoms with Gasteiger partial charge in [-0.3, -0.25) is 0 Å². The normalized spacial score (nSPS) is 17.4. The minimum atomic E-state index is 0.146. The van der Waals surface area contributed by atoms with Gasteiger partial charge in [0.05, 0.1) is 6.04 Å². The van der Waals surface area contributed by atoms with Crippen LogP contribution in [0.15, 0.2) is 41.3 Å². The highest BCUT2D eigenvalue weighted by molar-refractivity contribution is 9.10. The standard InChI is InChI=1S/C12H10BrN3O/c13-11-5-12(15-7-14-11)16-9-6-17-10-4-2-1-3-8(9)10/h1-5,7,9H,6H2,(H,14,15,16). The van der Waals surface area contributed by atoms with E-state index in [2.05, 4.69) is 37.3 Å². The predicted molar refractivity (Wildman–Crippen MR) is 68.0 cm³/mol. The first-order chi connectivity index (χ1) is 8.33. The van der Waals surface area contributed by atoms with Crippen molar-refractivity contribution in [2.24, 2.45) is 0 Å². The van der Waals surface area contributed by atoms with Crippen LogP contribution in [0.4, 0.5) is 5.82 Å². The number of ether oxygens (including phenoxy) is 1. The number of aromatic nitrogens is 2. The van der Waals surface area contributed by atoms with Crippen molar-refractivity contribution in [1.29, 1.82) is 0 Å². The van der Waals surface area contributed by atoms with E-state index in [-0.39, 0.29) is 6.04 Å². The molecule has 0 amide bonds. The lowest BCUT2D eigenvalue weighted by Gasteiger charge is -2.11. The van der Waals surface area contributed by atoms with Gasteiger partial charge in [0.25, 0.3) is 0 Å². The van der Waals surface area contributed by atoms with E-state index in [0.717, 1.165) is 16.2 Å². The lowest BCUT2D eigenvalue weighted by atomic mass is 10.1. The minimum Gasteiger partial charge on any atom is -0.491 e. The first-order valence-corrected chi connectivity index (χ1v) is 6.08. The second-order valence-corrected chi connectivity index (χ2v) is 4.58. The van der Waals surface area contributed by atoms with E-state index in [9.17, 15) is 0 Å². The number of hydrogen-bond donors (Lipinski definition) is 1. The molecule has 0 saturated heterocycles. The molecule has 17 heavy (non-hydrogen) atoms. The quantitative estimate of drug-likeness (QED) is 0.865. The Kier molecular flexibility index (Phi) is 2.68. The predicted octanol–water partition coefficient (Wildman–Crippen LogP) is 2.78. The van der Waals surface area contributed by atoms with Crippen LogP contribution in [0.1, 0.15) is 11.6 Å². The molecule has 1 atom stereocenters. The van der Waals surface area contributed by atoms with Crippen LogP contribution in [0.25, 0.3) is 0 Å². The molecule has 0 radical (unpaired) electrons. The van der Waals surface area contributed by atoms with Gasteiger partial charge >= 0.3 is 0 Å². The summed E-state index contributed by atoms with van der Waals surface area (Å²) >= 11 is 3.32. The zero-order valence-corrected chi connectivity index (χ0v) is 10.5. The van der Waals surface area contributed by atoms with Gasteiger partial charge in [0.1, 0.15) is 29.1 Å². The molecule has 1 aliphatic heterocycles. The number of hydrogen-bond acceptors (Lipinski definition) is 4. The maximum absolute atomic E-state index is 5.60. The lowest BCUT2D eigenvalue weighted by molar-refractivity contribution is 0.339. The van der Waals surface area contributed by atoms with Crippen molar-refractivity contribution >= 4 is 21.7 Å². The maximum atomic E-state index is 5.60. The van der Waals surface area contributed by atoms with Gasteiger partial charge in [-0.2, -0.15) is 0 Å². The highest BCUT2D eigenvalue weighted by atomic mass is 79.9. The number of fused-ring (bicyclic) bond motifs is 1. The summed E-state index contributed by atoms with van der Waals surface area (Å²) in [5.74, 6) is 1.73. The number of benzene rings is 1. The Labute approximate surface area is 107 Å². The smallest absolute Gasteiger partial charge is 0.131 e. The van der Waals surface area contributed by atoms with Gasteiger partial charge < -0.3 is 10.1 Å². The molecule has 1 unspecified atom stereocenters. The number of rotatable bonds is 2. The fraction of sp³-hybridized carbons (Fsp3) is 0.167. The number of nitrogens with zero attached hydrogens (tertiary/aromatic N) is 2. The summed E-state index contributed by atoms with van der Waals surface area (Å²) in [4.78, 5) is 8.16. The first kappa shape index (κ1) is 10.5. The number of anilines is 1. The van der Waals surface area contributed by atoms with Crippen molar-refractivity contribution in [3.05, 3.63) is 46.8 Å². The zero-order chi connectivity index (χ0) is 11.7. The monoisotopic (exact) mass is 291 g/mol. The summed E-state index contributed by atoms with van der Waals surface area (Å²) in [7, 11) is 0. The SMILES string of the molecule is Brc1cc(NC2COc3ccccc32)ncn1. The van der Waals surface area contributed by atoms with E-state index in [1.165, 1.54) is 11.9 Å². The van der Waals surface area contributed by atoms with Crippen molar-refractivity contribution in [2.45, 2.75) is 6.04 Å². The number of para-hydroxylation sites is 1. The van der Waals surface area contributed by atoms with Gasteiger partial charge in [0.2, 0.25) is 0 Å². The zero-order valence-electron chi connectivity index (χ0n) is 8.93. The summed E-state index contributed by atoms with van der Waals surface area (Å²) in [5.41, 5.74) is 1.17. The van der Waals surface area contributed by atoms with Gasteiger partial charge in [-0.25, -0.2) is 9.97 Å². The second kappa shape index (κ2) is 4.33. The Bertz CT molecular complexity index is 547. The highest BCUT2D eigenvalue weighted by Gasteiger charge is 2.23. The fourth-order valence-electron chi connectivity index (χ4n) is 1.87. The van der Waals surface area contributed by atoms with Gasteiger partial charge in [-0.15, -0.1) is 0 Å². The van der Waals surface area contributed by atoms with Crippen molar-refractivity contribution in [3.8, 4) is 5.75 Å². The summed E-state index contributed by atoms with van der Waals surface area (Å²) in [5, 5.41) is 3.33. The van der Waals surface area contributed by atoms with Crippen LogP contribution < -0.4 is 10.1 Å². The van der Waals surface area contributed by atoms with Gasteiger partial charge in [0.15, 0.2) is 0 Å². The Hall–Kier alpha value is -1.62. The van der Waals surface area contributed by atoms with Crippen LogP contribution in [-0.2, 0) is 0 Å². The Balaban J connectivity index is 1.84. The minimum absolute atomic E-state index is 0.146. The molecule has 1 aliphatic rings.